The van der Waals surface area contributed by atoms with Gasteiger partial charge in [-0.15, -0.1) is 11.3 Å². The summed E-state index contributed by atoms with van der Waals surface area (Å²) in [5, 5.41) is 7.34. The Labute approximate surface area is 225 Å². The van der Waals surface area contributed by atoms with Gasteiger partial charge in [0.15, 0.2) is 0 Å². The number of benzene rings is 1. The largest absolute Gasteiger partial charge is 0.446 e. The number of carbonyl (C=O) groups is 4. The van der Waals surface area contributed by atoms with Crippen LogP contribution in [0.2, 0.25) is 4.34 Å². The molecule has 0 radical (unpaired) electrons. The van der Waals surface area contributed by atoms with E-state index in [4.69, 9.17) is 21.1 Å². The van der Waals surface area contributed by atoms with Crippen molar-refractivity contribution in [1.29, 1.82) is 0 Å². The number of alkyl halides is 2. The average molecular weight is 571 g/mol. The Morgan fingerprint density at radius 1 is 1.21 bits per heavy atom. The summed E-state index contributed by atoms with van der Waals surface area (Å²) in [6, 6.07) is 5.52. The third-order valence-electron chi connectivity index (χ3n) is 6.02. The van der Waals surface area contributed by atoms with E-state index in [1.807, 2.05) is 0 Å². The number of halogens is 3. The van der Waals surface area contributed by atoms with Crippen LogP contribution in [0.4, 0.5) is 25.0 Å². The molecule has 1 saturated carbocycles. The number of carbonyl (C=O) groups excluding carboxylic acids is 4. The van der Waals surface area contributed by atoms with Crippen LogP contribution in [0.25, 0.3) is 0 Å². The molecule has 1 saturated heterocycles. The molecule has 2 heterocycles. The van der Waals surface area contributed by atoms with Gasteiger partial charge in [0.1, 0.15) is 18.8 Å². The van der Waals surface area contributed by atoms with E-state index in [9.17, 15) is 28.0 Å². The van der Waals surface area contributed by atoms with Gasteiger partial charge in [0.2, 0.25) is 5.91 Å². The smallest absolute Gasteiger partial charge is 0.408 e. The molecule has 4 rings (SSSR count). The highest BCUT2D eigenvalue weighted by molar-refractivity contribution is 7.18. The number of amides is 4. The fourth-order valence-corrected chi connectivity index (χ4v) is 4.73. The van der Waals surface area contributed by atoms with Crippen molar-refractivity contribution in [3.63, 3.8) is 0 Å². The Balaban J connectivity index is 1.48. The summed E-state index contributed by atoms with van der Waals surface area (Å²) in [7, 11) is 0. The lowest BCUT2D eigenvalue weighted by molar-refractivity contribution is -0.125. The normalized spacial score (nSPS) is 16.5. The monoisotopic (exact) mass is 570 g/mol. The topological polar surface area (TPSA) is 126 Å². The average Bonchev–Trinajstić information content (AvgIpc) is 3.30. The molecule has 0 spiro atoms. The van der Waals surface area contributed by atoms with Gasteiger partial charge in [-0.3, -0.25) is 14.4 Å². The number of alkyl carbamates (subject to hydrolysis) is 1. The fraction of sp³-hybridized carbons (Fsp3) is 0.417. The van der Waals surface area contributed by atoms with Crippen LogP contribution in [0, 0.1) is 0 Å². The molecule has 10 nitrogen and oxygen atoms in total. The van der Waals surface area contributed by atoms with E-state index in [1.165, 1.54) is 23.1 Å². The maximum absolute atomic E-state index is 13.9. The number of nitrogens with zero attached hydrogens (tertiary/aromatic N) is 1. The van der Waals surface area contributed by atoms with Crippen LogP contribution in [0.5, 0.6) is 0 Å². The van der Waals surface area contributed by atoms with Gasteiger partial charge in [-0.05, 0) is 49.6 Å². The lowest BCUT2D eigenvalue weighted by Crippen LogP contribution is -2.51. The van der Waals surface area contributed by atoms with E-state index in [-0.39, 0.29) is 49.7 Å². The number of rotatable bonds is 9. The van der Waals surface area contributed by atoms with Crippen molar-refractivity contribution in [3.8, 4) is 0 Å². The van der Waals surface area contributed by atoms with Crippen LogP contribution in [-0.4, -0.2) is 62.3 Å². The molecule has 14 heteroatoms. The predicted molar refractivity (Wildman–Crippen MR) is 136 cm³/mol. The second-order valence-electron chi connectivity index (χ2n) is 8.63. The first-order valence-electron chi connectivity index (χ1n) is 11.8. The molecule has 4 amide bonds. The van der Waals surface area contributed by atoms with Crippen molar-refractivity contribution in [3.05, 3.63) is 45.1 Å². The SMILES string of the molecule is O=C(N[C@@H](CNC(=O)c1ccc(Cl)s1)C(=O)Nc1ccc(N2CCOCC2=O)cc1C(F)F)OC1CCC1. The molecule has 3 N–H and O–H groups in total. The van der Waals surface area contributed by atoms with Gasteiger partial charge in [0.05, 0.1) is 15.8 Å². The molecule has 2 aromatic rings. The van der Waals surface area contributed by atoms with E-state index in [0.717, 1.165) is 23.8 Å². The van der Waals surface area contributed by atoms with Crippen LogP contribution in [0.1, 0.15) is 40.9 Å². The summed E-state index contributed by atoms with van der Waals surface area (Å²) >= 11 is 6.90. The van der Waals surface area contributed by atoms with Gasteiger partial charge < -0.3 is 30.3 Å². The minimum absolute atomic E-state index is 0.157. The number of ether oxygens (including phenoxy) is 2. The summed E-state index contributed by atoms with van der Waals surface area (Å²) in [5.41, 5.74) is -0.472. The molecule has 1 atom stereocenters. The van der Waals surface area contributed by atoms with E-state index in [0.29, 0.717) is 22.1 Å². The van der Waals surface area contributed by atoms with Crippen LogP contribution >= 0.6 is 22.9 Å². The molecule has 0 bridgehead atoms. The number of hydrogen-bond donors (Lipinski definition) is 3. The standard InChI is InChI=1S/C24H25ClF2N4O6S/c25-19-7-6-18(38-19)23(34)28-11-17(30-24(35)37-14-2-1-3-14)22(33)29-16-5-4-13(10-15(16)21(26)27)31-8-9-36-12-20(31)32/h4-7,10,14,17,21H,1-3,8-9,11-12H2,(H,28,34)(H,29,33)(H,30,35)/t17-/m0/s1. The van der Waals surface area contributed by atoms with E-state index in [2.05, 4.69) is 16.0 Å². The highest BCUT2D eigenvalue weighted by Gasteiger charge is 2.28. The quantitative estimate of drug-likeness (QED) is 0.422. The summed E-state index contributed by atoms with van der Waals surface area (Å²) in [6.07, 6.45) is -1.77. The first kappa shape index (κ1) is 27.7. The van der Waals surface area contributed by atoms with E-state index in [1.54, 1.807) is 6.07 Å². The second kappa shape index (κ2) is 12.5. The number of hydrogen-bond acceptors (Lipinski definition) is 7. The van der Waals surface area contributed by atoms with Crippen LogP contribution in [0.3, 0.4) is 0 Å². The van der Waals surface area contributed by atoms with Crippen LogP contribution < -0.4 is 20.9 Å². The van der Waals surface area contributed by atoms with Crippen molar-refractivity contribution in [1.82, 2.24) is 10.6 Å². The lowest BCUT2D eigenvalue weighted by atomic mass is 9.96. The van der Waals surface area contributed by atoms with E-state index < -0.39 is 35.9 Å². The summed E-state index contributed by atoms with van der Waals surface area (Å²) in [6.45, 7) is -0.0278. The Kier molecular flexibility index (Phi) is 9.13. The third kappa shape index (κ3) is 6.97. The van der Waals surface area contributed by atoms with Crippen LogP contribution in [-0.2, 0) is 19.1 Å². The Morgan fingerprint density at radius 3 is 2.63 bits per heavy atom. The molecule has 1 aromatic heterocycles. The number of nitrogens with one attached hydrogen (secondary N) is 3. The minimum atomic E-state index is -2.97. The molecule has 1 aliphatic carbocycles. The highest BCUT2D eigenvalue weighted by Crippen LogP contribution is 2.32. The molecule has 1 aromatic carbocycles. The van der Waals surface area contributed by atoms with Crippen molar-refractivity contribution in [2.45, 2.75) is 37.8 Å². The summed E-state index contributed by atoms with van der Waals surface area (Å²) < 4.78 is 38.6. The summed E-state index contributed by atoms with van der Waals surface area (Å²) in [5.74, 6) is -1.75. The first-order chi connectivity index (χ1) is 18.2. The van der Waals surface area contributed by atoms with Crippen molar-refractivity contribution >= 4 is 58.1 Å². The van der Waals surface area contributed by atoms with Crippen molar-refractivity contribution < 1.29 is 37.4 Å². The molecular formula is C24H25ClF2N4O6S. The molecular weight excluding hydrogens is 546 g/mol. The number of anilines is 2. The maximum Gasteiger partial charge on any atom is 0.408 e. The van der Waals surface area contributed by atoms with Gasteiger partial charge in [0, 0.05) is 30.0 Å². The van der Waals surface area contributed by atoms with Gasteiger partial charge in [0.25, 0.3) is 18.2 Å². The van der Waals surface area contributed by atoms with E-state index >= 15 is 0 Å². The second-order valence-corrected chi connectivity index (χ2v) is 10.3. The molecule has 1 aliphatic heterocycles. The van der Waals surface area contributed by atoms with Crippen molar-refractivity contribution in [2.24, 2.45) is 0 Å². The minimum Gasteiger partial charge on any atom is -0.446 e. The molecule has 2 fully saturated rings. The van der Waals surface area contributed by atoms with Gasteiger partial charge in [-0.2, -0.15) is 0 Å². The van der Waals surface area contributed by atoms with Crippen LogP contribution in [0.15, 0.2) is 30.3 Å². The maximum atomic E-state index is 13.9. The Morgan fingerprint density at radius 2 is 2.00 bits per heavy atom. The van der Waals surface area contributed by atoms with Gasteiger partial charge >= 0.3 is 6.09 Å². The molecule has 38 heavy (non-hydrogen) atoms. The van der Waals surface area contributed by atoms with Gasteiger partial charge in [-0.1, -0.05) is 11.6 Å². The molecule has 0 unspecified atom stereocenters. The number of thiophene rings is 1. The highest BCUT2D eigenvalue weighted by atomic mass is 35.5. The number of morpholine rings is 1. The van der Waals surface area contributed by atoms with Gasteiger partial charge in [-0.25, -0.2) is 13.6 Å². The third-order valence-corrected chi connectivity index (χ3v) is 7.25. The summed E-state index contributed by atoms with van der Waals surface area (Å²) in [4.78, 5) is 51.6. The molecule has 2 aliphatic rings. The Bertz CT molecular complexity index is 1210. The fourth-order valence-electron chi connectivity index (χ4n) is 3.77. The zero-order chi connectivity index (χ0) is 27.2. The molecule has 204 valence electrons. The van der Waals surface area contributed by atoms with Crippen molar-refractivity contribution in [2.75, 3.05) is 36.5 Å². The predicted octanol–water partition coefficient (Wildman–Crippen LogP) is 3.72. The lowest BCUT2D eigenvalue weighted by Gasteiger charge is -2.28. The zero-order valence-electron chi connectivity index (χ0n) is 20.0. The zero-order valence-corrected chi connectivity index (χ0v) is 21.6. The Hall–Kier alpha value is -3.29. The first-order valence-corrected chi connectivity index (χ1v) is 13.0.